The number of carbonyl (C=O) groups excluding carboxylic acids is 2. The Kier molecular flexibility index (Phi) is 7.13. The van der Waals surface area contributed by atoms with Crippen molar-refractivity contribution in [2.75, 3.05) is 7.11 Å². The molecule has 2 aromatic rings. The van der Waals surface area contributed by atoms with Gasteiger partial charge in [0.15, 0.2) is 5.75 Å². The summed E-state index contributed by atoms with van der Waals surface area (Å²) in [6, 6.07) is 6.14. The molecule has 9 heteroatoms. The van der Waals surface area contributed by atoms with Crippen molar-refractivity contribution in [3.05, 3.63) is 63.7 Å². The number of allylic oxidation sites excluding steroid dienone is 2. The van der Waals surface area contributed by atoms with Crippen molar-refractivity contribution in [2.24, 2.45) is 11.8 Å². The van der Waals surface area contributed by atoms with Gasteiger partial charge in [-0.15, -0.1) is 0 Å². The van der Waals surface area contributed by atoms with Gasteiger partial charge < -0.3 is 18.8 Å². The minimum absolute atomic E-state index is 0.00958. The van der Waals surface area contributed by atoms with Crippen LogP contribution in [0, 0.1) is 25.7 Å². The number of cyclic esters (lactones) is 1. The first-order chi connectivity index (χ1) is 17.0. The van der Waals surface area contributed by atoms with Crippen LogP contribution in [0.2, 0.25) is 0 Å². The number of phenols is 1. The first-order valence-corrected chi connectivity index (χ1v) is 13.3. The Labute approximate surface area is 211 Å². The molecule has 2 aliphatic rings. The Balaban J connectivity index is 1.76. The lowest BCUT2D eigenvalue weighted by molar-refractivity contribution is -0.146. The predicted molar refractivity (Wildman–Crippen MR) is 131 cm³/mol. The molecular weight excluding hydrogens is 484 g/mol. The van der Waals surface area contributed by atoms with E-state index in [-0.39, 0.29) is 58.4 Å². The zero-order chi connectivity index (χ0) is 26.2. The number of esters is 2. The zero-order valence-electron chi connectivity index (χ0n) is 20.8. The minimum atomic E-state index is -4.31. The summed E-state index contributed by atoms with van der Waals surface area (Å²) in [5.41, 5.74) is 2.83. The van der Waals surface area contributed by atoms with Crippen molar-refractivity contribution in [1.82, 2.24) is 0 Å². The number of phenolic OH excluding ortho intramolecular Hbond substituents is 1. The van der Waals surface area contributed by atoms with E-state index in [1.807, 2.05) is 19.9 Å². The standard InChI is InChI=1S/C27H30O8S/c1-15-8-11-18(12-9-15)36(31,32)35-25-21(24(28)17(3)22-14-34-27(30)23(22)25)13-10-16(2)19-6-5-7-20(19)26(29)33-4/h8-12,19-20,28H,5-7,13-14H2,1-4H3/b16-10+. The molecule has 2 unspecified atom stereocenters. The van der Waals surface area contributed by atoms with Crippen molar-refractivity contribution < 1.29 is 36.8 Å². The SMILES string of the molecule is COC(=O)C1CCCC1/C(C)=C/Cc1c(O)c(C)c2c(c1OS(=O)(=O)c1ccc(C)cc1)C(=O)OC2. The highest BCUT2D eigenvalue weighted by molar-refractivity contribution is 7.87. The molecule has 1 fully saturated rings. The summed E-state index contributed by atoms with van der Waals surface area (Å²) >= 11 is 0. The van der Waals surface area contributed by atoms with Gasteiger partial charge in [-0.2, -0.15) is 8.42 Å². The van der Waals surface area contributed by atoms with E-state index in [1.165, 1.54) is 19.2 Å². The molecule has 1 heterocycles. The summed E-state index contributed by atoms with van der Waals surface area (Å²) in [6.07, 6.45) is 4.41. The van der Waals surface area contributed by atoms with Gasteiger partial charge in [0.2, 0.25) is 0 Å². The maximum atomic E-state index is 13.1. The molecule has 1 saturated carbocycles. The highest BCUT2D eigenvalue weighted by Crippen LogP contribution is 2.44. The van der Waals surface area contributed by atoms with Crippen molar-refractivity contribution in [1.29, 1.82) is 0 Å². The van der Waals surface area contributed by atoms with Crippen LogP contribution in [0.5, 0.6) is 11.5 Å². The number of aromatic hydroxyl groups is 1. The van der Waals surface area contributed by atoms with Gasteiger partial charge in [0.25, 0.3) is 0 Å². The van der Waals surface area contributed by atoms with Gasteiger partial charge >= 0.3 is 22.1 Å². The number of ether oxygens (including phenoxy) is 2. The maximum Gasteiger partial charge on any atom is 0.342 e. The van der Waals surface area contributed by atoms with Gasteiger partial charge in [-0.25, -0.2) is 4.79 Å². The normalized spacial score (nSPS) is 19.7. The van der Waals surface area contributed by atoms with Crippen molar-refractivity contribution in [2.45, 2.75) is 58.0 Å². The second kappa shape index (κ2) is 9.97. The number of hydrogen-bond donors (Lipinski definition) is 1. The highest BCUT2D eigenvalue weighted by Gasteiger charge is 2.36. The molecule has 0 saturated heterocycles. The number of hydrogen-bond acceptors (Lipinski definition) is 8. The first-order valence-electron chi connectivity index (χ1n) is 11.8. The average Bonchev–Trinajstić information content (AvgIpc) is 3.49. The lowest BCUT2D eigenvalue weighted by Gasteiger charge is -2.20. The molecule has 1 N–H and O–H groups in total. The Hall–Kier alpha value is -3.33. The lowest BCUT2D eigenvalue weighted by atomic mass is 9.88. The molecule has 4 rings (SSSR count). The van der Waals surface area contributed by atoms with Crippen LogP contribution in [0.25, 0.3) is 0 Å². The average molecular weight is 515 g/mol. The van der Waals surface area contributed by atoms with Gasteiger partial charge in [-0.05, 0) is 63.6 Å². The summed E-state index contributed by atoms with van der Waals surface area (Å²) in [5.74, 6) is -1.59. The van der Waals surface area contributed by atoms with E-state index in [0.29, 0.717) is 11.1 Å². The number of aryl methyl sites for hydroxylation is 1. The number of methoxy groups -OCH3 is 1. The zero-order valence-corrected chi connectivity index (χ0v) is 21.6. The monoisotopic (exact) mass is 514 g/mol. The van der Waals surface area contributed by atoms with E-state index in [4.69, 9.17) is 13.7 Å². The Morgan fingerprint density at radius 3 is 2.50 bits per heavy atom. The fourth-order valence-electron chi connectivity index (χ4n) is 5.06. The summed E-state index contributed by atoms with van der Waals surface area (Å²) in [7, 11) is -2.93. The van der Waals surface area contributed by atoms with Crippen LogP contribution in [-0.4, -0.2) is 32.6 Å². The van der Waals surface area contributed by atoms with Crippen molar-refractivity contribution in [3.63, 3.8) is 0 Å². The Morgan fingerprint density at radius 1 is 1.17 bits per heavy atom. The maximum absolute atomic E-state index is 13.1. The van der Waals surface area contributed by atoms with Crippen molar-refractivity contribution in [3.8, 4) is 11.5 Å². The molecule has 0 aromatic heterocycles. The highest BCUT2D eigenvalue weighted by atomic mass is 32.2. The smallest absolute Gasteiger partial charge is 0.342 e. The summed E-state index contributed by atoms with van der Waals surface area (Å²) in [5, 5.41) is 11.0. The molecule has 1 aliphatic heterocycles. The van der Waals surface area contributed by atoms with Crippen LogP contribution < -0.4 is 4.18 Å². The Morgan fingerprint density at radius 2 is 1.83 bits per heavy atom. The minimum Gasteiger partial charge on any atom is -0.507 e. The van der Waals surface area contributed by atoms with E-state index in [0.717, 1.165) is 30.4 Å². The topological polar surface area (TPSA) is 116 Å². The molecule has 0 spiro atoms. The van der Waals surface area contributed by atoms with Crippen molar-refractivity contribution >= 4 is 22.1 Å². The molecular formula is C27H30O8S. The van der Waals surface area contributed by atoms with Gasteiger partial charge in [-0.3, -0.25) is 4.79 Å². The van der Waals surface area contributed by atoms with E-state index in [2.05, 4.69) is 0 Å². The van der Waals surface area contributed by atoms with Crippen LogP contribution in [-0.2, 0) is 37.4 Å². The van der Waals surface area contributed by atoms with E-state index in [9.17, 15) is 23.1 Å². The van der Waals surface area contributed by atoms with Crippen LogP contribution in [0.3, 0.4) is 0 Å². The molecule has 1 aliphatic carbocycles. The second-order valence-electron chi connectivity index (χ2n) is 9.38. The number of rotatable bonds is 7. The Bertz CT molecular complexity index is 1340. The number of carbonyl (C=O) groups is 2. The van der Waals surface area contributed by atoms with Gasteiger partial charge in [0.1, 0.15) is 22.8 Å². The number of fused-ring (bicyclic) bond motifs is 1. The molecule has 8 nitrogen and oxygen atoms in total. The summed E-state index contributed by atoms with van der Waals surface area (Å²) < 4.78 is 41.9. The second-order valence-corrected chi connectivity index (χ2v) is 10.9. The quantitative estimate of drug-likeness (QED) is 0.326. The number of benzene rings is 2. The van der Waals surface area contributed by atoms with Gasteiger partial charge in [-0.1, -0.05) is 35.8 Å². The third kappa shape index (κ3) is 4.72. The van der Waals surface area contributed by atoms with E-state index in [1.54, 1.807) is 19.1 Å². The lowest BCUT2D eigenvalue weighted by Crippen LogP contribution is -2.21. The van der Waals surface area contributed by atoms with E-state index < -0.39 is 16.1 Å². The molecule has 0 bridgehead atoms. The molecule has 36 heavy (non-hydrogen) atoms. The van der Waals surface area contributed by atoms with Gasteiger partial charge in [0.05, 0.1) is 13.0 Å². The predicted octanol–water partition coefficient (Wildman–Crippen LogP) is 4.53. The summed E-state index contributed by atoms with van der Waals surface area (Å²) in [4.78, 5) is 24.8. The third-order valence-corrected chi connectivity index (χ3v) is 8.42. The molecule has 0 amide bonds. The fraction of sp³-hybridized carbons (Fsp3) is 0.407. The van der Waals surface area contributed by atoms with Crippen LogP contribution >= 0.6 is 0 Å². The molecule has 192 valence electrons. The summed E-state index contributed by atoms with van der Waals surface area (Å²) in [6.45, 7) is 5.31. The van der Waals surface area contributed by atoms with Crippen LogP contribution in [0.4, 0.5) is 0 Å². The largest absolute Gasteiger partial charge is 0.507 e. The van der Waals surface area contributed by atoms with Gasteiger partial charge in [0, 0.05) is 11.1 Å². The molecule has 2 aromatic carbocycles. The van der Waals surface area contributed by atoms with Crippen LogP contribution in [0.15, 0.2) is 40.8 Å². The van der Waals surface area contributed by atoms with E-state index >= 15 is 0 Å². The molecule has 0 radical (unpaired) electrons. The molecule has 2 atom stereocenters. The first kappa shape index (κ1) is 25.8. The van der Waals surface area contributed by atoms with Crippen LogP contribution in [0.1, 0.15) is 58.8 Å². The fourth-order valence-corrected chi connectivity index (χ4v) is 6.02. The third-order valence-electron chi connectivity index (χ3n) is 7.18.